The van der Waals surface area contributed by atoms with Crippen molar-refractivity contribution >= 4 is 40.4 Å². The van der Waals surface area contributed by atoms with Crippen LogP contribution in [0, 0.1) is 11.7 Å². The summed E-state index contributed by atoms with van der Waals surface area (Å²) in [4.78, 5) is 28.1. The lowest BCUT2D eigenvalue weighted by Crippen LogP contribution is -2.27. The topological polar surface area (TPSA) is 49.4 Å². The summed E-state index contributed by atoms with van der Waals surface area (Å²) >= 11 is 7.47. The van der Waals surface area contributed by atoms with E-state index in [1.165, 1.54) is 34.4 Å². The van der Waals surface area contributed by atoms with Gasteiger partial charge in [0.2, 0.25) is 5.91 Å². The summed E-state index contributed by atoms with van der Waals surface area (Å²) in [6.07, 6.45) is 2.08. The minimum atomic E-state index is -0.443. The van der Waals surface area contributed by atoms with E-state index in [0.717, 1.165) is 12.0 Å². The Balaban J connectivity index is 1.71. The first-order valence-corrected chi connectivity index (χ1v) is 9.13. The molecular weight excluding hydrogens is 363 g/mol. The number of hydrogen-bond acceptors (Lipinski definition) is 3. The molecule has 0 saturated carbocycles. The first-order valence-electron chi connectivity index (χ1n) is 7.94. The van der Waals surface area contributed by atoms with Gasteiger partial charge >= 0.3 is 0 Å². The number of carbonyl (C=O) groups is 2. The summed E-state index contributed by atoms with van der Waals surface area (Å²) in [6, 6.07) is 5.79. The molecule has 1 N–H and O–H groups in total. The van der Waals surface area contributed by atoms with Crippen molar-refractivity contribution in [2.24, 2.45) is 5.92 Å². The van der Waals surface area contributed by atoms with E-state index in [1.807, 2.05) is 6.07 Å². The molecule has 0 spiro atoms. The minimum Gasteiger partial charge on any atom is -0.344 e. The van der Waals surface area contributed by atoms with Gasteiger partial charge < -0.3 is 10.2 Å². The zero-order chi connectivity index (χ0) is 18.1. The molecule has 2 aromatic rings. The van der Waals surface area contributed by atoms with Crippen molar-refractivity contribution in [2.45, 2.75) is 19.3 Å². The molecule has 25 heavy (non-hydrogen) atoms. The van der Waals surface area contributed by atoms with Gasteiger partial charge in [-0.05, 0) is 49.1 Å². The highest BCUT2D eigenvalue weighted by atomic mass is 35.5. The lowest BCUT2D eigenvalue weighted by atomic mass is 9.87. The van der Waals surface area contributed by atoms with Crippen molar-refractivity contribution in [3.8, 4) is 0 Å². The zero-order valence-corrected chi connectivity index (χ0v) is 15.5. The van der Waals surface area contributed by atoms with Crippen molar-refractivity contribution in [1.29, 1.82) is 0 Å². The number of aryl methyl sites for hydroxylation is 1. The van der Waals surface area contributed by atoms with E-state index in [1.54, 1.807) is 19.0 Å². The molecule has 1 aromatic carbocycles. The number of hydrogen-bond donors (Lipinski definition) is 1. The SMILES string of the molecule is CN(C)C(=O)c1cc2c(s1)CCC(C(=O)Nc1ccc(F)cc1Cl)C2. The van der Waals surface area contributed by atoms with Gasteiger partial charge in [0.1, 0.15) is 5.82 Å². The van der Waals surface area contributed by atoms with Crippen LogP contribution in [-0.2, 0) is 17.6 Å². The Bertz CT molecular complexity index is 834. The lowest BCUT2D eigenvalue weighted by molar-refractivity contribution is -0.120. The average Bonchev–Trinajstić information content (AvgIpc) is 2.99. The number of nitrogens with zero attached hydrogens (tertiary/aromatic N) is 1. The lowest BCUT2D eigenvalue weighted by Gasteiger charge is -2.21. The fourth-order valence-electron chi connectivity index (χ4n) is 2.90. The average molecular weight is 381 g/mol. The number of fused-ring (bicyclic) bond motifs is 1. The summed E-state index contributed by atoms with van der Waals surface area (Å²) in [6.45, 7) is 0. The van der Waals surface area contributed by atoms with Gasteiger partial charge in [-0.15, -0.1) is 11.3 Å². The monoisotopic (exact) mass is 380 g/mol. The molecule has 1 unspecified atom stereocenters. The molecule has 1 aromatic heterocycles. The highest BCUT2D eigenvalue weighted by molar-refractivity contribution is 7.14. The molecule has 0 bridgehead atoms. The fourth-order valence-corrected chi connectivity index (χ4v) is 4.34. The summed E-state index contributed by atoms with van der Waals surface area (Å²) in [5, 5.41) is 2.96. The van der Waals surface area contributed by atoms with Crippen LogP contribution in [0.2, 0.25) is 5.02 Å². The second-order valence-electron chi connectivity index (χ2n) is 6.31. The molecular formula is C18H18ClFN2O2S. The number of amides is 2. The quantitative estimate of drug-likeness (QED) is 0.875. The van der Waals surface area contributed by atoms with Crippen LogP contribution < -0.4 is 5.32 Å². The molecule has 0 radical (unpaired) electrons. The second kappa shape index (κ2) is 7.14. The van der Waals surface area contributed by atoms with Gasteiger partial charge in [0, 0.05) is 24.9 Å². The van der Waals surface area contributed by atoms with Crippen molar-refractivity contribution in [3.05, 3.63) is 50.4 Å². The van der Waals surface area contributed by atoms with Crippen LogP contribution in [0.3, 0.4) is 0 Å². The molecule has 1 atom stereocenters. The molecule has 4 nitrogen and oxygen atoms in total. The molecule has 2 amide bonds. The molecule has 0 saturated heterocycles. The number of thiophene rings is 1. The fraction of sp³-hybridized carbons (Fsp3) is 0.333. The predicted molar refractivity (Wildman–Crippen MR) is 97.9 cm³/mol. The van der Waals surface area contributed by atoms with Crippen molar-refractivity contribution in [3.63, 3.8) is 0 Å². The van der Waals surface area contributed by atoms with E-state index in [2.05, 4.69) is 5.32 Å². The number of halogens is 2. The largest absolute Gasteiger partial charge is 0.344 e. The maximum Gasteiger partial charge on any atom is 0.263 e. The van der Waals surface area contributed by atoms with E-state index in [9.17, 15) is 14.0 Å². The molecule has 7 heteroatoms. The van der Waals surface area contributed by atoms with Gasteiger partial charge in [-0.25, -0.2) is 4.39 Å². The summed E-state index contributed by atoms with van der Waals surface area (Å²) in [5.41, 5.74) is 1.47. The Labute approximate surface area is 154 Å². The number of carbonyl (C=O) groups excluding carboxylic acids is 2. The smallest absolute Gasteiger partial charge is 0.263 e. The molecule has 0 fully saturated rings. The standard InChI is InChI=1S/C18H18ClFN2O2S/c1-22(2)18(24)16-8-11-7-10(3-6-15(11)25-16)17(23)21-14-5-4-12(20)9-13(14)19/h4-5,8-10H,3,6-7H2,1-2H3,(H,21,23). The van der Waals surface area contributed by atoms with Gasteiger partial charge in [0.15, 0.2) is 0 Å². The van der Waals surface area contributed by atoms with E-state index in [0.29, 0.717) is 23.4 Å². The Morgan fingerprint density at radius 2 is 2.08 bits per heavy atom. The number of anilines is 1. The molecule has 0 aliphatic heterocycles. The Kier molecular flexibility index (Phi) is 5.11. The van der Waals surface area contributed by atoms with E-state index in [-0.39, 0.29) is 22.8 Å². The van der Waals surface area contributed by atoms with Crippen LogP contribution in [-0.4, -0.2) is 30.8 Å². The molecule has 3 rings (SSSR count). The molecule has 1 heterocycles. The second-order valence-corrected chi connectivity index (χ2v) is 7.86. The van der Waals surface area contributed by atoms with E-state index >= 15 is 0 Å². The highest BCUT2D eigenvalue weighted by Gasteiger charge is 2.28. The van der Waals surface area contributed by atoms with E-state index in [4.69, 9.17) is 11.6 Å². The van der Waals surface area contributed by atoms with Crippen LogP contribution in [0.15, 0.2) is 24.3 Å². The van der Waals surface area contributed by atoms with Gasteiger partial charge in [-0.2, -0.15) is 0 Å². The van der Waals surface area contributed by atoms with Crippen molar-refractivity contribution in [2.75, 3.05) is 19.4 Å². The Morgan fingerprint density at radius 3 is 2.76 bits per heavy atom. The number of nitrogens with one attached hydrogen (secondary N) is 1. The summed E-state index contributed by atoms with van der Waals surface area (Å²) < 4.78 is 13.1. The van der Waals surface area contributed by atoms with Gasteiger partial charge in [0.25, 0.3) is 5.91 Å². The molecule has 132 valence electrons. The predicted octanol–water partition coefficient (Wildman–Crippen LogP) is 3.99. The van der Waals surface area contributed by atoms with Gasteiger partial charge in [-0.1, -0.05) is 11.6 Å². The van der Waals surface area contributed by atoms with Crippen molar-refractivity contribution < 1.29 is 14.0 Å². The van der Waals surface area contributed by atoms with Crippen LogP contribution in [0.4, 0.5) is 10.1 Å². The zero-order valence-electron chi connectivity index (χ0n) is 13.9. The Morgan fingerprint density at radius 1 is 1.32 bits per heavy atom. The third-order valence-corrected chi connectivity index (χ3v) is 5.80. The molecule has 1 aliphatic rings. The first-order chi connectivity index (χ1) is 11.8. The van der Waals surface area contributed by atoms with Crippen LogP contribution >= 0.6 is 22.9 Å². The normalized spacial score (nSPS) is 16.2. The first kappa shape index (κ1) is 17.9. The third-order valence-electron chi connectivity index (χ3n) is 4.26. The molecule has 1 aliphatic carbocycles. The maximum atomic E-state index is 13.1. The minimum absolute atomic E-state index is 0.0153. The number of rotatable bonds is 3. The number of benzene rings is 1. The Hall–Kier alpha value is -1.92. The maximum absolute atomic E-state index is 13.1. The third kappa shape index (κ3) is 3.85. The van der Waals surface area contributed by atoms with Gasteiger partial charge in [-0.3, -0.25) is 9.59 Å². The van der Waals surface area contributed by atoms with Crippen LogP contribution in [0.5, 0.6) is 0 Å². The van der Waals surface area contributed by atoms with Gasteiger partial charge in [0.05, 0.1) is 15.6 Å². The summed E-state index contributed by atoms with van der Waals surface area (Å²) in [7, 11) is 3.45. The van der Waals surface area contributed by atoms with Crippen LogP contribution in [0.1, 0.15) is 26.5 Å². The van der Waals surface area contributed by atoms with Crippen molar-refractivity contribution in [1.82, 2.24) is 4.90 Å². The summed E-state index contributed by atoms with van der Waals surface area (Å²) in [5.74, 6) is -0.781. The van der Waals surface area contributed by atoms with E-state index < -0.39 is 5.82 Å². The highest BCUT2D eigenvalue weighted by Crippen LogP contribution is 2.34. The van der Waals surface area contributed by atoms with Crippen LogP contribution in [0.25, 0.3) is 0 Å².